The fraction of sp³-hybridized carbons (Fsp3) is 0.600. The second-order valence-corrected chi connectivity index (χ2v) is 4.78. The van der Waals surface area contributed by atoms with Crippen molar-refractivity contribution >= 4 is 0 Å². The Labute approximate surface area is 114 Å². The van der Waals surface area contributed by atoms with Crippen LogP contribution >= 0.6 is 0 Å². The molecule has 1 fully saturated rings. The Morgan fingerprint density at radius 1 is 1.37 bits per heavy atom. The summed E-state index contributed by atoms with van der Waals surface area (Å²) >= 11 is 0. The first kappa shape index (κ1) is 14.3. The molecule has 0 aromatic heterocycles. The van der Waals surface area contributed by atoms with Crippen molar-refractivity contribution in [2.75, 3.05) is 39.5 Å². The number of alkyl halides is 1. The van der Waals surface area contributed by atoms with Crippen LogP contribution in [-0.2, 0) is 0 Å². The number of rotatable bonds is 6. The van der Waals surface area contributed by atoms with Crippen LogP contribution in [0.5, 0.6) is 5.75 Å². The van der Waals surface area contributed by atoms with Gasteiger partial charge >= 0.3 is 0 Å². The molecule has 0 spiro atoms. The molecule has 1 aliphatic heterocycles. The molecule has 0 amide bonds. The van der Waals surface area contributed by atoms with Gasteiger partial charge in [-0.05, 0) is 31.0 Å². The van der Waals surface area contributed by atoms with Crippen LogP contribution in [0.1, 0.15) is 24.9 Å². The Morgan fingerprint density at radius 3 is 2.84 bits per heavy atom. The lowest BCUT2D eigenvalue weighted by Crippen LogP contribution is -2.45. The predicted molar refractivity (Wildman–Crippen MR) is 75.4 cm³/mol. The molecule has 4 heteroatoms. The van der Waals surface area contributed by atoms with E-state index < -0.39 is 0 Å². The SMILES string of the molecule is CCOc1cccc([C@@H](CCF)N2CCNCC2)c1. The molecular weight excluding hydrogens is 243 g/mol. The van der Waals surface area contributed by atoms with Gasteiger partial charge in [-0.2, -0.15) is 0 Å². The molecular formula is C15H23FN2O. The molecule has 0 unspecified atom stereocenters. The van der Waals surface area contributed by atoms with Crippen LogP contribution in [0, 0.1) is 0 Å². The maximum absolute atomic E-state index is 12.9. The Bertz CT molecular complexity index is 380. The third kappa shape index (κ3) is 3.91. The minimum atomic E-state index is -0.284. The zero-order valence-electron chi connectivity index (χ0n) is 11.6. The summed E-state index contributed by atoms with van der Waals surface area (Å²) in [6, 6.07) is 8.23. The molecule has 0 aliphatic carbocycles. The van der Waals surface area contributed by atoms with E-state index in [-0.39, 0.29) is 12.7 Å². The predicted octanol–water partition coefficient (Wildman–Crippen LogP) is 2.39. The van der Waals surface area contributed by atoms with Gasteiger partial charge in [-0.15, -0.1) is 0 Å². The van der Waals surface area contributed by atoms with E-state index in [4.69, 9.17) is 4.74 Å². The van der Waals surface area contributed by atoms with Gasteiger partial charge in [-0.1, -0.05) is 12.1 Å². The van der Waals surface area contributed by atoms with Crippen LogP contribution in [0.25, 0.3) is 0 Å². The van der Waals surface area contributed by atoms with Gasteiger partial charge in [-0.3, -0.25) is 9.29 Å². The molecule has 1 aromatic carbocycles. The lowest BCUT2D eigenvalue weighted by atomic mass is 10.0. The molecule has 1 atom stereocenters. The highest BCUT2D eigenvalue weighted by atomic mass is 19.1. The Hall–Kier alpha value is -1.13. The highest BCUT2D eigenvalue weighted by Crippen LogP contribution is 2.27. The number of nitrogens with one attached hydrogen (secondary N) is 1. The normalized spacial score (nSPS) is 18.2. The summed E-state index contributed by atoms with van der Waals surface area (Å²) < 4.78 is 18.4. The standard InChI is InChI=1S/C15H23FN2O/c1-2-19-14-5-3-4-13(12-14)15(6-7-16)18-10-8-17-9-11-18/h3-5,12,15,17H,2,6-11H2,1H3/t15-/m1/s1. The van der Waals surface area contributed by atoms with Gasteiger partial charge in [0, 0.05) is 32.2 Å². The number of benzene rings is 1. The molecule has 1 heterocycles. The van der Waals surface area contributed by atoms with Gasteiger partial charge in [0.25, 0.3) is 0 Å². The maximum atomic E-state index is 12.9. The topological polar surface area (TPSA) is 24.5 Å². The summed E-state index contributed by atoms with van der Waals surface area (Å²) in [6.45, 7) is 6.26. The second-order valence-electron chi connectivity index (χ2n) is 4.78. The summed E-state index contributed by atoms with van der Waals surface area (Å²) in [5, 5.41) is 3.33. The van der Waals surface area contributed by atoms with Crippen LogP contribution in [0.4, 0.5) is 4.39 Å². The largest absolute Gasteiger partial charge is 0.494 e. The number of piperazine rings is 1. The lowest BCUT2D eigenvalue weighted by molar-refractivity contribution is 0.157. The summed E-state index contributed by atoms with van der Waals surface area (Å²) in [5.41, 5.74) is 1.16. The van der Waals surface area contributed by atoms with Crippen molar-refractivity contribution in [2.45, 2.75) is 19.4 Å². The first-order valence-corrected chi connectivity index (χ1v) is 7.08. The fourth-order valence-electron chi connectivity index (χ4n) is 2.64. The number of hydrogen-bond donors (Lipinski definition) is 1. The average molecular weight is 266 g/mol. The van der Waals surface area contributed by atoms with Crippen LogP contribution in [0.3, 0.4) is 0 Å². The van der Waals surface area contributed by atoms with Crippen molar-refractivity contribution in [3.8, 4) is 5.75 Å². The number of hydrogen-bond acceptors (Lipinski definition) is 3. The summed E-state index contributed by atoms with van der Waals surface area (Å²) in [4.78, 5) is 2.36. The van der Waals surface area contributed by atoms with Crippen molar-refractivity contribution < 1.29 is 9.13 Å². The van der Waals surface area contributed by atoms with Crippen molar-refractivity contribution in [3.63, 3.8) is 0 Å². The smallest absolute Gasteiger partial charge is 0.119 e. The zero-order chi connectivity index (χ0) is 13.5. The van der Waals surface area contributed by atoms with E-state index >= 15 is 0 Å². The molecule has 19 heavy (non-hydrogen) atoms. The summed E-state index contributed by atoms with van der Waals surface area (Å²) in [5.74, 6) is 0.874. The Morgan fingerprint density at radius 2 is 2.16 bits per heavy atom. The van der Waals surface area contributed by atoms with E-state index in [0.717, 1.165) is 37.5 Å². The van der Waals surface area contributed by atoms with E-state index in [0.29, 0.717) is 13.0 Å². The molecule has 1 aliphatic rings. The van der Waals surface area contributed by atoms with Gasteiger partial charge < -0.3 is 10.1 Å². The lowest BCUT2D eigenvalue weighted by Gasteiger charge is -2.35. The van der Waals surface area contributed by atoms with E-state index in [1.54, 1.807) is 0 Å². The van der Waals surface area contributed by atoms with Crippen molar-refractivity contribution in [3.05, 3.63) is 29.8 Å². The number of nitrogens with zero attached hydrogens (tertiary/aromatic N) is 1. The number of ether oxygens (including phenoxy) is 1. The zero-order valence-corrected chi connectivity index (χ0v) is 11.6. The first-order valence-electron chi connectivity index (χ1n) is 7.08. The van der Waals surface area contributed by atoms with Crippen LogP contribution in [0.2, 0.25) is 0 Å². The molecule has 1 saturated heterocycles. The quantitative estimate of drug-likeness (QED) is 0.855. The van der Waals surface area contributed by atoms with Gasteiger partial charge in [0.15, 0.2) is 0 Å². The van der Waals surface area contributed by atoms with Crippen LogP contribution < -0.4 is 10.1 Å². The second kappa shape index (κ2) is 7.46. The molecule has 106 valence electrons. The van der Waals surface area contributed by atoms with Crippen LogP contribution in [0.15, 0.2) is 24.3 Å². The molecule has 3 nitrogen and oxygen atoms in total. The summed E-state index contributed by atoms with van der Waals surface area (Å²) in [6.07, 6.45) is 0.551. The molecule has 2 rings (SSSR count). The van der Waals surface area contributed by atoms with Crippen molar-refractivity contribution in [2.24, 2.45) is 0 Å². The highest BCUT2D eigenvalue weighted by Gasteiger charge is 2.22. The fourth-order valence-corrected chi connectivity index (χ4v) is 2.64. The third-order valence-electron chi connectivity index (χ3n) is 3.53. The Kier molecular flexibility index (Phi) is 5.61. The van der Waals surface area contributed by atoms with Gasteiger partial charge in [0.1, 0.15) is 5.75 Å². The van der Waals surface area contributed by atoms with E-state index in [1.807, 2.05) is 25.1 Å². The van der Waals surface area contributed by atoms with Gasteiger partial charge in [0.2, 0.25) is 0 Å². The molecule has 1 aromatic rings. The van der Waals surface area contributed by atoms with E-state index in [1.165, 1.54) is 0 Å². The first-order chi connectivity index (χ1) is 9.35. The molecule has 1 N–H and O–H groups in total. The Balaban J connectivity index is 2.14. The minimum Gasteiger partial charge on any atom is -0.494 e. The average Bonchev–Trinajstić information content (AvgIpc) is 2.46. The maximum Gasteiger partial charge on any atom is 0.119 e. The third-order valence-corrected chi connectivity index (χ3v) is 3.53. The monoisotopic (exact) mass is 266 g/mol. The summed E-state index contributed by atoms with van der Waals surface area (Å²) in [7, 11) is 0. The molecule has 0 saturated carbocycles. The minimum absolute atomic E-state index is 0.160. The number of halogens is 1. The van der Waals surface area contributed by atoms with Crippen molar-refractivity contribution in [1.29, 1.82) is 0 Å². The van der Waals surface area contributed by atoms with E-state index in [9.17, 15) is 4.39 Å². The molecule has 0 bridgehead atoms. The van der Waals surface area contributed by atoms with E-state index in [2.05, 4.69) is 16.3 Å². The highest BCUT2D eigenvalue weighted by molar-refractivity contribution is 5.30. The van der Waals surface area contributed by atoms with Gasteiger partial charge in [-0.25, -0.2) is 0 Å². The van der Waals surface area contributed by atoms with Crippen LogP contribution in [-0.4, -0.2) is 44.4 Å². The van der Waals surface area contributed by atoms with Gasteiger partial charge in [0.05, 0.1) is 13.3 Å². The molecule has 0 radical (unpaired) electrons. The van der Waals surface area contributed by atoms with Crippen molar-refractivity contribution in [1.82, 2.24) is 10.2 Å².